The molecule has 16 heteroatoms. The first-order chi connectivity index (χ1) is 29.9. The number of pyridine rings is 1. The molecule has 8 rings (SSSR count). The number of carbonyl (C=O) groups is 3. The van der Waals surface area contributed by atoms with E-state index in [1.165, 1.54) is 18.1 Å². The number of hydrogen-bond acceptors (Lipinski definition) is 8. The third-order valence-corrected chi connectivity index (χ3v) is 16.0. The highest BCUT2D eigenvalue weighted by Gasteiger charge is 2.66. The second-order valence-electron chi connectivity index (χ2n) is 17.1. The molecular formula is C46H52ClF2N4O8P. The highest BCUT2D eigenvalue weighted by Crippen LogP contribution is 2.71. The van der Waals surface area contributed by atoms with Gasteiger partial charge in [-0.2, -0.15) is 0 Å². The van der Waals surface area contributed by atoms with Gasteiger partial charge in [0.15, 0.2) is 0 Å². The number of nitrogens with zero attached hydrogens (tertiary/aromatic N) is 2. The van der Waals surface area contributed by atoms with Crippen LogP contribution in [-0.2, 0) is 25.1 Å². The molecule has 3 heterocycles. The zero-order chi connectivity index (χ0) is 43.6. The minimum absolute atomic E-state index is 0.0242. The number of halogens is 3. The molecule has 2 aliphatic heterocycles. The van der Waals surface area contributed by atoms with Crippen LogP contribution in [0.2, 0.25) is 5.02 Å². The lowest BCUT2D eigenvalue weighted by molar-refractivity contribution is -0.140. The van der Waals surface area contributed by atoms with E-state index in [-0.39, 0.29) is 30.5 Å². The van der Waals surface area contributed by atoms with Gasteiger partial charge in [0, 0.05) is 29.0 Å². The van der Waals surface area contributed by atoms with Gasteiger partial charge in [-0.3, -0.25) is 14.2 Å². The van der Waals surface area contributed by atoms with Crippen molar-refractivity contribution in [2.75, 3.05) is 13.7 Å². The van der Waals surface area contributed by atoms with E-state index in [1.807, 2.05) is 30.3 Å². The maximum Gasteiger partial charge on any atom is 0.408 e. The molecule has 4 fully saturated rings. The van der Waals surface area contributed by atoms with Gasteiger partial charge in [-0.05, 0) is 75.1 Å². The van der Waals surface area contributed by atoms with Crippen molar-refractivity contribution in [3.8, 4) is 22.8 Å². The van der Waals surface area contributed by atoms with Gasteiger partial charge in [-0.25, -0.2) is 18.6 Å². The van der Waals surface area contributed by atoms with Gasteiger partial charge in [-0.1, -0.05) is 80.1 Å². The lowest BCUT2D eigenvalue weighted by Crippen LogP contribution is -2.55. The molecule has 3 N–H and O–H groups in total. The summed E-state index contributed by atoms with van der Waals surface area (Å²) in [6.45, 7) is -0.0746. The van der Waals surface area contributed by atoms with Gasteiger partial charge in [-0.15, -0.1) is 0 Å². The van der Waals surface area contributed by atoms with E-state index in [9.17, 15) is 32.6 Å². The molecule has 1 unspecified atom stereocenters. The van der Waals surface area contributed by atoms with Gasteiger partial charge in [0.2, 0.25) is 19.2 Å². The van der Waals surface area contributed by atoms with E-state index in [2.05, 4.69) is 10.6 Å². The summed E-state index contributed by atoms with van der Waals surface area (Å²) in [5.41, 5.74) is 1.24. The Morgan fingerprint density at radius 2 is 1.63 bits per heavy atom. The number of nitrogens with one attached hydrogen (secondary N) is 2. The van der Waals surface area contributed by atoms with Crippen molar-refractivity contribution in [3.63, 3.8) is 0 Å². The topological polar surface area (TPSA) is 156 Å². The predicted molar refractivity (Wildman–Crippen MR) is 230 cm³/mol. The number of ether oxygens (including phenoxy) is 3. The number of amides is 3. The molecule has 4 aliphatic rings. The van der Waals surface area contributed by atoms with E-state index < -0.39 is 78.0 Å². The number of benzene rings is 3. The molecule has 1 aromatic heterocycles. The van der Waals surface area contributed by atoms with E-state index in [0.717, 1.165) is 62.6 Å². The van der Waals surface area contributed by atoms with E-state index in [1.54, 1.807) is 18.2 Å². The van der Waals surface area contributed by atoms with Crippen molar-refractivity contribution in [2.24, 2.45) is 5.92 Å². The first-order valence-corrected chi connectivity index (χ1v) is 23.8. The van der Waals surface area contributed by atoms with Gasteiger partial charge in [0.1, 0.15) is 57.7 Å². The van der Waals surface area contributed by atoms with Gasteiger partial charge in [0.25, 0.3) is 0 Å². The highest BCUT2D eigenvalue weighted by atomic mass is 35.5. The second-order valence-corrected chi connectivity index (χ2v) is 20.0. The zero-order valence-corrected chi connectivity index (χ0v) is 36.3. The number of carbonyl (C=O) groups excluding carboxylic acids is 3. The molecule has 2 saturated heterocycles. The Kier molecular flexibility index (Phi) is 13.1. The predicted octanol–water partition coefficient (Wildman–Crippen LogP) is 9.28. The Balaban J connectivity index is 1.14. The first-order valence-electron chi connectivity index (χ1n) is 21.6. The van der Waals surface area contributed by atoms with Crippen LogP contribution in [0.15, 0.2) is 66.7 Å². The van der Waals surface area contributed by atoms with Gasteiger partial charge in [0.05, 0.1) is 31.0 Å². The fourth-order valence-corrected chi connectivity index (χ4v) is 12.3. The molecule has 4 aromatic rings. The molecule has 2 aliphatic carbocycles. The van der Waals surface area contributed by atoms with Crippen LogP contribution in [0.1, 0.15) is 89.0 Å². The smallest absolute Gasteiger partial charge is 0.408 e. The second kappa shape index (κ2) is 18.5. The van der Waals surface area contributed by atoms with Crippen LogP contribution in [0.5, 0.6) is 11.5 Å². The molecule has 6 atom stereocenters. The summed E-state index contributed by atoms with van der Waals surface area (Å²) in [5.74, 6) is -2.75. The Labute approximate surface area is 364 Å². The Morgan fingerprint density at radius 3 is 2.35 bits per heavy atom. The molecule has 3 aromatic carbocycles. The lowest BCUT2D eigenvalue weighted by Gasteiger charge is -2.31. The molecule has 330 valence electrons. The van der Waals surface area contributed by atoms with Crippen LogP contribution in [0.4, 0.5) is 13.6 Å². The van der Waals surface area contributed by atoms with E-state index in [0.29, 0.717) is 53.8 Å². The van der Waals surface area contributed by atoms with Crippen LogP contribution in [0.3, 0.4) is 0 Å². The summed E-state index contributed by atoms with van der Waals surface area (Å²) in [6, 6.07) is 15.7. The highest BCUT2D eigenvalue weighted by molar-refractivity contribution is 7.59. The number of methoxy groups -OCH3 is 1. The molecule has 0 spiro atoms. The molecular weight excluding hydrogens is 841 g/mol. The van der Waals surface area contributed by atoms with Crippen molar-refractivity contribution < 1.29 is 46.8 Å². The molecule has 12 nitrogen and oxygen atoms in total. The Bertz CT molecular complexity index is 2350. The number of rotatable bonds is 9. The molecule has 3 amide bonds. The van der Waals surface area contributed by atoms with Crippen LogP contribution in [0, 0.1) is 17.6 Å². The standard InChI is InChI=1S/C46H52ClF2N4O8P/c1-59-39-22-21-32-40(24-37(50-42(32)41(39)47)28-13-6-5-7-14-28)60-31-23-38-43(54)52-46(62(57,58)27-33-34(48)18-12-19-35(33)49)25-29(46)15-8-3-2-4-9-20-36(44(55)53(38)26-31)51-45(56)61-30-16-10-11-17-30/h5-7,12-14,18-19,21-22,24,29-31,36,38H,2-4,8-11,15-17,20,23,25-27H2,1H3,(H,51,56)(H,52,54)(H,57,58)/t29-,31+,36-,38-,46-/m0/s1. The van der Waals surface area contributed by atoms with Crippen molar-refractivity contribution in [1.29, 1.82) is 0 Å². The zero-order valence-electron chi connectivity index (χ0n) is 34.6. The summed E-state index contributed by atoms with van der Waals surface area (Å²) < 4.78 is 62.3. The van der Waals surface area contributed by atoms with Crippen LogP contribution in [-0.4, -0.2) is 75.9 Å². The average molecular weight is 893 g/mol. The van der Waals surface area contributed by atoms with Crippen LogP contribution < -0.4 is 20.1 Å². The van der Waals surface area contributed by atoms with E-state index >= 15 is 0 Å². The average Bonchev–Trinajstić information content (AvgIpc) is 3.52. The third-order valence-electron chi connectivity index (χ3n) is 13.0. The summed E-state index contributed by atoms with van der Waals surface area (Å²) >= 11 is 6.82. The lowest BCUT2D eigenvalue weighted by atomic mass is 10.0. The molecule has 0 bridgehead atoms. The summed E-state index contributed by atoms with van der Waals surface area (Å²) in [6.07, 6.45) is 5.49. The number of alkyl carbamates (subject to hydrolysis) is 1. The summed E-state index contributed by atoms with van der Waals surface area (Å²) in [4.78, 5) is 60.9. The summed E-state index contributed by atoms with van der Waals surface area (Å²) in [7, 11) is -3.04. The number of aromatic nitrogens is 1. The Morgan fingerprint density at radius 1 is 0.935 bits per heavy atom. The van der Waals surface area contributed by atoms with Gasteiger partial charge < -0.3 is 34.6 Å². The minimum Gasteiger partial charge on any atom is -0.495 e. The van der Waals surface area contributed by atoms with E-state index in [4.69, 9.17) is 30.8 Å². The SMILES string of the molecule is COc1ccc2c(O[C@@H]3C[C@H]4C(=O)N[C@]5(P(=O)(O)Cc6c(F)cccc6F)C[C@@H]5CCCCCCC[C@H](NC(=O)OC5CCCC5)C(=O)N4C3)cc(-c3ccccc3)nc2c1Cl. The largest absolute Gasteiger partial charge is 0.495 e. The molecule has 2 saturated carbocycles. The summed E-state index contributed by atoms with van der Waals surface area (Å²) in [5, 5.41) is 4.88. The quantitative estimate of drug-likeness (QED) is 0.139. The van der Waals surface area contributed by atoms with Crippen LogP contribution >= 0.6 is 19.0 Å². The van der Waals surface area contributed by atoms with Crippen molar-refractivity contribution in [1.82, 2.24) is 20.5 Å². The maximum atomic E-state index is 14.9. The molecule has 62 heavy (non-hydrogen) atoms. The minimum atomic E-state index is -4.54. The van der Waals surface area contributed by atoms with Crippen molar-refractivity contribution in [2.45, 2.75) is 119 Å². The fraction of sp³-hybridized carbons (Fsp3) is 0.478. The van der Waals surface area contributed by atoms with Gasteiger partial charge >= 0.3 is 6.09 Å². The molecule has 0 radical (unpaired) electrons. The van der Waals surface area contributed by atoms with Crippen LogP contribution in [0.25, 0.3) is 22.2 Å². The first kappa shape index (κ1) is 43.9. The van der Waals surface area contributed by atoms with Crippen molar-refractivity contribution in [3.05, 3.63) is 89.0 Å². The monoisotopic (exact) mass is 892 g/mol. The maximum absolute atomic E-state index is 14.9. The number of fused-ring (bicyclic) bond motifs is 3. The van der Waals surface area contributed by atoms with Crippen molar-refractivity contribution >= 4 is 47.8 Å². The third kappa shape index (κ3) is 9.15. The normalized spacial score (nSPS) is 25.7. The Hall–Kier alpha value is -4.78. The fourth-order valence-electron chi connectivity index (χ4n) is 9.50. The number of hydrogen-bond donors (Lipinski definition) is 3.